The number of hydrogen-bond donors (Lipinski definition) is 1. The molecule has 0 saturated carbocycles. The van der Waals surface area contributed by atoms with Crippen molar-refractivity contribution in [2.45, 2.75) is 31.4 Å². The molecule has 1 N–H and O–H groups in total. The molecular formula is C15H21NO3. The highest BCUT2D eigenvalue weighted by molar-refractivity contribution is 5.45. The van der Waals surface area contributed by atoms with Gasteiger partial charge in [0.25, 0.3) is 0 Å². The third-order valence-electron chi connectivity index (χ3n) is 4.05. The summed E-state index contributed by atoms with van der Waals surface area (Å²) >= 11 is 0. The summed E-state index contributed by atoms with van der Waals surface area (Å²) < 4.78 is 17.2. The lowest BCUT2D eigenvalue weighted by Crippen LogP contribution is -2.39. The van der Waals surface area contributed by atoms with E-state index in [1.807, 2.05) is 13.1 Å². The van der Waals surface area contributed by atoms with Crippen LogP contribution < -0.4 is 14.8 Å². The lowest BCUT2D eigenvalue weighted by molar-refractivity contribution is -0.0105. The summed E-state index contributed by atoms with van der Waals surface area (Å²) in [5.74, 6) is 1.67. The summed E-state index contributed by atoms with van der Waals surface area (Å²) in [7, 11) is 1.98. The Balaban J connectivity index is 1.91. The molecule has 1 aromatic rings. The Labute approximate surface area is 114 Å². The van der Waals surface area contributed by atoms with Crippen molar-refractivity contribution < 1.29 is 14.2 Å². The fraction of sp³-hybridized carbons (Fsp3) is 0.600. The lowest BCUT2D eigenvalue weighted by Gasteiger charge is -2.34. The standard InChI is InChI=1S/C15H21NO3/c1-15(6-3-7-19-15)14(16-2)11-4-5-12-13(10-11)18-9-8-17-12/h4-5,10,14,16H,3,6-9H2,1-2H3. The van der Waals surface area contributed by atoms with E-state index in [1.165, 1.54) is 5.56 Å². The summed E-state index contributed by atoms with van der Waals surface area (Å²) in [5, 5.41) is 3.39. The van der Waals surface area contributed by atoms with Crippen LogP contribution in [0.3, 0.4) is 0 Å². The molecule has 0 aliphatic carbocycles. The predicted molar refractivity (Wildman–Crippen MR) is 72.8 cm³/mol. The summed E-state index contributed by atoms with van der Waals surface area (Å²) in [6.45, 7) is 4.27. The van der Waals surface area contributed by atoms with E-state index < -0.39 is 0 Å². The van der Waals surface area contributed by atoms with Crippen molar-refractivity contribution in [3.05, 3.63) is 23.8 Å². The van der Waals surface area contributed by atoms with Gasteiger partial charge < -0.3 is 19.5 Å². The minimum absolute atomic E-state index is 0.140. The molecule has 0 aromatic heterocycles. The number of rotatable bonds is 3. The molecule has 2 heterocycles. The van der Waals surface area contributed by atoms with Crippen molar-refractivity contribution in [1.82, 2.24) is 5.32 Å². The highest BCUT2D eigenvalue weighted by Gasteiger charge is 2.38. The fourth-order valence-electron chi connectivity index (χ4n) is 3.09. The zero-order valence-electron chi connectivity index (χ0n) is 11.6. The third kappa shape index (κ3) is 2.30. The molecule has 3 rings (SSSR count). The number of benzene rings is 1. The number of hydrogen-bond acceptors (Lipinski definition) is 4. The van der Waals surface area contributed by atoms with Gasteiger partial charge in [-0.1, -0.05) is 6.07 Å². The van der Waals surface area contributed by atoms with Crippen molar-refractivity contribution >= 4 is 0 Å². The maximum Gasteiger partial charge on any atom is 0.161 e. The average Bonchev–Trinajstić information content (AvgIpc) is 2.87. The monoisotopic (exact) mass is 263 g/mol. The molecule has 0 radical (unpaired) electrons. The van der Waals surface area contributed by atoms with Crippen LogP contribution in [0.5, 0.6) is 11.5 Å². The third-order valence-corrected chi connectivity index (χ3v) is 4.05. The van der Waals surface area contributed by atoms with Crippen LogP contribution in [0.1, 0.15) is 31.4 Å². The molecule has 1 fully saturated rings. The van der Waals surface area contributed by atoms with Crippen LogP contribution in [-0.2, 0) is 4.74 Å². The average molecular weight is 263 g/mol. The molecule has 19 heavy (non-hydrogen) atoms. The summed E-state index contributed by atoms with van der Waals surface area (Å²) in [6, 6.07) is 6.34. The van der Waals surface area contributed by atoms with Crippen LogP contribution >= 0.6 is 0 Å². The summed E-state index contributed by atoms with van der Waals surface area (Å²) in [6.07, 6.45) is 2.20. The number of likely N-dealkylation sites (N-methyl/N-ethyl adjacent to an activating group) is 1. The minimum Gasteiger partial charge on any atom is -0.486 e. The van der Waals surface area contributed by atoms with Crippen molar-refractivity contribution in [3.8, 4) is 11.5 Å². The maximum absolute atomic E-state index is 5.96. The lowest BCUT2D eigenvalue weighted by atomic mass is 9.87. The van der Waals surface area contributed by atoms with Crippen LogP contribution in [-0.4, -0.2) is 32.5 Å². The van der Waals surface area contributed by atoms with E-state index >= 15 is 0 Å². The molecule has 0 bridgehead atoms. The molecular weight excluding hydrogens is 242 g/mol. The molecule has 1 aromatic carbocycles. The first kappa shape index (κ1) is 12.8. The second-order valence-corrected chi connectivity index (χ2v) is 5.39. The maximum atomic E-state index is 5.96. The van der Waals surface area contributed by atoms with Gasteiger partial charge in [-0.15, -0.1) is 0 Å². The Morgan fingerprint density at radius 1 is 1.16 bits per heavy atom. The Hall–Kier alpha value is -1.26. The van der Waals surface area contributed by atoms with E-state index in [4.69, 9.17) is 14.2 Å². The molecule has 104 valence electrons. The van der Waals surface area contributed by atoms with Gasteiger partial charge in [-0.3, -0.25) is 0 Å². The van der Waals surface area contributed by atoms with Crippen molar-refractivity contribution in [3.63, 3.8) is 0 Å². The van der Waals surface area contributed by atoms with Gasteiger partial charge >= 0.3 is 0 Å². The van der Waals surface area contributed by atoms with E-state index in [-0.39, 0.29) is 11.6 Å². The van der Waals surface area contributed by atoms with Crippen LogP contribution in [0.4, 0.5) is 0 Å². The fourth-order valence-corrected chi connectivity index (χ4v) is 3.09. The van der Waals surface area contributed by atoms with E-state index in [0.717, 1.165) is 30.9 Å². The molecule has 1 saturated heterocycles. The predicted octanol–water partition coefficient (Wildman–Crippen LogP) is 2.29. The van der Waals surface area contributed by atoms with Gasteiger partial charge in [-0.25, -0.2) is 0 Å². The molecule has 2 aliphatic heterocycles. The van der Waals surface area contributed by atoms with Crippen LogP contribution in [0, 0.1) is 0 Å². The van der Waals surface area contributed by atoms with E-state index in [0.29, 0.717) is 13.2 Å². The minimum atomic E-state index is -0.140. The second kappa shape index (κ2) is 5.02. The summed E-state index contributed by atoms with van der Waals surface area (Å²) in [5.41, 5.74) is 1.05. The Morgan fingerprint density at radius 3 is 2.63 bits per heavy atom. The number of nitrogens with one attached hydrogen (secondary N) is 1. The Kier molecular flexibility index (Phi) is 3.37. The van der Waals surface area contributed by atoms with E-state index in [9.17, 15) is 0 Å². The van der Waals surface area contributed by atoms with Crippen LogP contribution in [0.25, 0.3) is 0 Å². The van der Waals surface area contributed by atoms with Crippen molar-refractivity contribution in [2.24, 2.45) is 0 Å². The number of fused-ring (bicyclic) bond motifs is 1. The van der Waals surface area contributed by atoms with Crippen LogP contribution in [0.15, 0.2) is 18.2 Å². The SMILES string of the molecule is CNC(c1ccc2c(c1)OCCO2)C1(C)CCCO1. The van der Waals surface area contributed by atoms with Gasteiger partial charge in [-0.05, 0) is 44.5 Å². The molecule has 2 aliphatic rings. The van der Waals surface area contributed by atoms with E-state index in [2.05, 4.69) is 24.4 Å². The second-order valence-electron chi connectivity index (χ2n) is 5.39. The van der Waals surface area contributed by atoms with E-state index in [1.54, 1.807) is 0 Å². The topological polar surface area (TPSA) is 39.7 Å². The molecule has 0 amide bonds. The van der Waals surface area contributed by atoms with Gasteiger partial charge in [0.05, 0.1) is 11.6 Å². The smallest absolute Gasteiger partial charge is 0.161 e. The number of ether oxygens (including phenoxy) is 3. The van der Waals surface area contributed by atoms with Gasteiger partial charge in [0.15, 0.2) is 11.5 Å². The molecule has 2 atom stereocenters. The largest absolute Gasteiger partial charge is 0.486 e. The first-order valence-corrected chi connectivity index (χ1v) is 6.94. The van der Waals surface area contributed by atoms with Gasteiger partial charge in [-0.2, -0.15) is 0 Å². The van der Waals surface area contributed by atoms with Crippen LogP contribution in [0.2, 0.25) is 0 Å². The Morgan fingerprint density at radius 2 is 1.95 bits per heavy atom. The zero-order valence-corrected chi connectivity index (χ0v) is 11.6. The first-order chi connectivity index (χ1) is 9.23. The molecule has 4 nitrogen and oxygen atoms in total. The van der Waals surface area contributed by atoms with Gasteiger partial charge in [0.2, 0.25) is 0 Å². The first-order valence-electron chi connectivity index (χ1n) is 6.94. The van der Waals surface area contributed by atoms with Gasteiger partial charge in [0.1, 0.15) is 13.2 Å². The molecule has 2 unspecified atom stereocenters. The Bertz CT molecular complexity index is 455. The van der Waals surface area contributed by atoms with Crippen molar-refractivity contribution in [1.29, 1.82) is 0 Å². The quantitative estimate of drug-likeness (QED) is 0.908. The zero-order chi connectivity index (χ0) is 13.3. The van der Waals surface area contributed by atoms with Crippen molar-refractivity contribution in [2.75, 3.05) is 26.9 Å². The van der Waals surface area contributed by atoms with Gasteiger partial charge in [0, 0.05) is 6.61 Å². The normalized spacial score (nSPS) is 27.3. The highest BCUT2D eigenvalue weighted by Crippen LogP contribution is 2.40. The molecule has 0 spiro atoms. The molecule has 4 heteroatoms. The summed E-state index contributed by atoms with van der Waals surface area (Å²) in [4.78, 5) is 0. The highest BCUT2D eigenvalue weighted by atomic mass is 16.6.